The minimum Gasteiger partial charge on any atom is -0.508 e. The summed E-state index contributed by atoms with van der Waals surface area (Å²) in [6.45, 7) is -0.0169. The van der Waals surface area contributed by atoms with Crippen LogP contribution in [0.2, 0.25) is 0 Å². The maximum Gasteiger partial charge on any atom is 0.239 e. The van der Waals surface area contributed by atoms with Gasteiger partial charge in [-0.2, -0.15) is 0 Å². The molecule has 0 radical (unpaired) electrons. The van der Waals surface area contributed by atoms with E-state index in [2.05, 4.69) is 0 Å². The molecular formula is C33H40O20. The zero-order chi connectivity index (χ0) is 38.5. The summed E-state index contributed by atoms with van der Waals surface area (Å²) in [4.78, 5) is 13.7. The number of aliphatic hydroxyl groups is 9. The lowest BCUT2D eigenvalue weighted by Gasteiger charge is -2.46. The SMILES string of the molecule is C[C@@H]1O[C@@H](OC[C@H]2O[C@@H](Oc3c(-c4ccc(O)cc4)oc4cc(O)cc(O)c4c3=O)[C@H](O)[C@@H](O)[C@@H]2O)[C@H](O)[C@H](O)[C@H]1O[C@@H]1O[C@H](CO)[C@@H](O)[C@H](O)[C@H]1O. The first-order chi connectivity index (χ1) is 25.1. The molecular weight excluding hydrogens is 716 g/mol. The summed E-state index contributed by atoms with van der Waals surface area (Å²) in [7, 11) is 0. The van der Waals surface area contributed by atoms with Gasteiger partial charge in [-0.15, -0.1) is 0 Å². The Morgan fingerprint density at radius 1 is 0.679 bits per heavy atom. The third-order valence-electron chi connectivity index (χ3n) is 9.29. The van der Waals surface area contributed by atoms with Crippen LogP contribution in [-0.4, -0.2) is 167 Å². The average molecular weight is 757 g/mol. The molecule has 0 aliphatic carbocycles. The molecule has 3 aliphatic heterocycles. The van der Waals surface area contributed by atoms with Gasteiger partial charge in [0.25, 0.3) is 0 Å². The maximum atomic E-state index is 13.7. The number of hydrogen-bond donors (Lipinski definition) is 12. The fourth-order valence-electron chi connectivity index (χ4n) is 6.30. The Hall–Kier alpha value is -3.71. The van der Waals surface area contributed by atoms with Crippen molar-refractivity contribution in [3.63, 3.8) is 0 Å². The van der Waals surface area contributed by atoms with Crippen molar-refractivity contribution >= 4 is 11.0 Å². The minimum absolute atomic E-state index is 0.133. The Kier molecular flexibility index (Phi) is 11.5. The van der Waals surface area contributed by atoms with Gasteiger partial charge in [-0.3, -0.25) is 4.79 Å². The Morgan fingerprint density at radius 2 is 1.28 bits per heavy atom. The highest BCUT2D eigenvalue weighted by molar-refractivity contribution is 5.88. The second kappa shape index (κ2) is 15.6. The molecule has 20 heteroatoms. The molecule has 3 saturated heterocycles. The maximum absolute atomic E-state index is 13.7. The molecule has 0 spiro atoms. The van der Waals surface area contributed by atoms with Gasteiger partial charge in [0.2, 0.25) is 17.5 Å². The monoisotopic (exact) mass is 756 g/mol. The molecule has 0 bridgehead atoms. The van der Waals surface area contributed by atoms with Gasteiger partial charge in [0.15, 0.2) is 18.3 Å². The first-order valence-corrected chi connectivity index (χ1v) is 16.4. The molecule has 2 aromatic carbocycles. The van der Waals surface area contributed by atoms with Crippen molar-refractivity contribution in [3.8, 4) is 34.3 Å². The van der Waals surface area contributed by atoms with E-state index in [1.807, 2.05) is 0 Å². The largest absolute Gasteiger partial charge is 0.508 e. The van der Waals surface area contributed by atoms with Crippen LogP contribution in [0.1, 0.15) is 6.92 Å². The standard InChI is InChI=1S/C33H40O20/c1-10-28(52-32-25(44)22(41)19(38)16(8-34)50-32)24(43)27(46)31(48-10)47-9-17-20(39)23(42)26(45)33(51-17)53-30-21(40)18-14(37)6-13(36)7-15(18)49-29(30)11-2-4-12(35)5-3-11/h2-7,10,16-17,19-20,22-28,31-39,41-46H,8-9H2,1H3/t10-,16+,17+,19+,20+,22-,23-,24-,25+,26+,27+,28-,31+,32-,33-/m0/s1. The van der Waals surface area contributed by atoms with Crippen LogP contribution < -0.4 is 10.2 Å². The molecule has 292 valence electrons. The van der Waals surface area contributed by atoms with Gasteiger partial charge in [-0.25, -0.2) is 0 Å². The van der Waals surface area contributed by atoms with Crippen LogP contribution in [0.3, 0.4) is 0 Å². The van der Waals surface area contributed by atoms with E-state index in [0.29, 0.717) is 0 Å². The molecule has 6 rings (SSSR count). The highest BCUT2D eigenvalue weighted by Crippen LogP contribution is 2.38. The number of benzene rings is 2. The number of phenolic OH excluding ortho intramolecular Hbond substituents is 3. The Balaban J connectivity index is 1.18. The second-order valence-electron chi connectivity index (χ2n) is 12.9. The second-order valence-corrected chi connectivity index (χ2v) is 12.9. The van der Waals surface area contributed by atoms with E-state index >= 15 is 0 Å². The number of rotatable bonds is 9. The van der Waals surface area contributed by atoms with Gasteiger partial charge in [0.05, 0.1) is 19.3 Å². The van der Waals surface area contributed by atoms with Gasteiger partial charge in [0, 0.05) is 17.7 Å². The highest BCUT2D eigenvalue weighted by Gasteiger charge is 2.51. The topological polar surface area (TPSA) is 328 Å². The Labute approximate surface area is 298 Å². The summed E-state index contributed by atoms with van der Waals surface area (Å²) in [5, 5.41) is 124. The fraction of sp³-hybridized carbons (Fsp3) is 0.545. The van der Waals surface area contributed by atoms with E-state index in [9.17, 15) is 66.1 Å². The van der Waals surface area contributed by atoms with E-state index in [1.54, 1.807) is 0 Å². The Bertz CT molecular complexity index is 1780. The van der Waals surface area contributed by atoms with Crippen LogP contribution in [0, 0.1) is 0 Å². The first kappa shape index (κ1) is 39.0. The molecule has 0 unspecified atom stereocenters. The van der Waals surface area contributed by atoms with E-state index < -0.39 is 133 Å². The summed E-state index contributed by atoms with van der Waals surface area (Å²) < 4.78 is 39.4. The third-order valence-corrected chi connectivity index (χ3v) is 9.29. The lowest BCUT2D eigenvalue weighted by molar-refractivity contribution is -0.359. The molecule has 20 nitrogen and oxygen atoms in total. The van der Waals surface area contributed by atoms with E-state index in [1.165, 1.54) is 31.2 Å². The Morgan fingerprint density at radius 3 is 1.94 bits per heavy atom. The predicted molar refractivity (Wildman–Crippen MR) is 171 cm³/mol. The van der Waals surface area contributed by atoms with Gasteiger partial charge in [-0.1, -0.05) is 0 Å². The molecule has 0 saturated carbocycles. The van der Waals surface area contributed by atoms with Crippen molar-refractivity contribution in [1.29, 1.82) is 0 Å². The number of fused-ring (bicyclic) bond motifs is 1. The summed E-state index contributed by atoms with van der Waals surface area (Å²) in [5.74, 6) is -2.17. The average Bonchev–Trinajstić information content (AvgIpc) is 3.12. The normalized spacial score (nSPS) is 37.8. The number of ether oxygens (including phenoxy) is 6. The molecule has 0 amide bonds. The number of aliphatic hydroxyl groups excluding tert-OH is 9. The molecule has 3 aliphatic rings. The van der Waals surface area contributed by atoms with Crippen LogP contribution in [0.5, 0.6) is 23.0 Å². The minimum atomic E-state index is -1.99. The quantitative estimate of drug-likeness (QED) is 0.100. The zero-order valence-corrected chi connectivity index (χ0v) is 27.7. The third kappa shape index (κ3) is 7.52. The summed E-state index contributed by atoms with van der Waals surface area (Å²) in [5.41, 5.74) is -1.08. The smallest absolute Gasteiger partial charge is 0.239 e. The summed E-state index contributed by atoms with van der Waals surface area (Å²) >= 11 is 0. The lowest BCUT2D eigenvalue weighted by Crippen LogP contribution is -2.64. The van der Waals surface area contributed by atoms with Gasteiger partial charge in [0.1, 0.15) is 95.4 Å². The lowest BCUT2D eigenvalue weighted by atomic mass is 9.97. The molecule has 3 aromatic rings. The van der Waals surface area contributed by atoms with Crippen molar-refractivity contribution < 1.29 is 94.1 Å². The molecule has 15 atom stereocenters. The first-order valence-electron chi connectivity index (χ1n) is 16.4. The fourth-order valence-corrected chi connectivity index (χ4v) is 6.30. The van der Waals surface area contributed by atoms with Crippen LogP contribution in [0.25, 0.3) is 22.3 Å². The van der Waals surface area contributed by atoms with E-state index in [-0.39, 0.29) is 22.7 Å². The van der Waals surface area contributed by atoms with Crippen LogP contribution in [0.15, 0.2) is 45.6 Å². The van der Waals surface area contributed by atoms with Gasteiger partial charge in [-0.05, 0) is 31.2 Å². The van der Waals surface area contributed by atoms with Crippen LogP contribution in [0.4, 0.5) is 0 Å². The molecule has 12 N–H and O–H groups in total. The van der Waals surface area contributed by atoms with Crippen molar-refractivity contribution in [2.75, 3.05) is 13.2 Å². The summed E-state index contributed by atoms with van der Waals surface area (Å²) in [6, 6.07) is 7.19. The van der Waals surface area contributed by atoms with Crippen LogP contribution >= 0.6 is 0 Å². The molecule has 4 heterocycles. The van der Waals surface area contributed by atoms with Crippen molar-refractivity contribution in [2.24, 2.45) is 0 Å². The van der Waals surface area contributed by atoms with Crippen molar-refractivity contribution in [3.05, 3.63) is 46.6 Å². The van der Waals surface area contributed by atoms with Crippen molar-refractivity contribution in [1.82, 2.24) is 0 Å². The molecule has 53 heavy (non-hydrogen) atoms. The van der Waals surface area contributed by atoms with E-state index in [4.69, 9.17) is 32.8 Å². The van der Waals surface area contributed by atoms with Crippen LogP contribution in [-0.2, 0) is 23.7 Å². The number of phenols is 3. The zero-order valence-electron chi connectivity index (χ0n) is 27.7. The molecule has 1 aromatic heterocycles. The summed E-state index contributed by atoms with van der Waals surface area (Å²) in [6.07, 6.45) is -25.2. The highest BCUT2D eigenvalue weighted by atomic mass is 16.8. The van der Waals surface area contributed by atoms with Gasteiger partial charge >= 0.3 is 0 Å². The van der Waals surface area contributed by atoms with Crippen molar-refractivity contribution in [2.45, 2.75) is 99.0 Å². The van der Waals surface area contributed by atoms with E-state index in [0.717, 1.165) is 12.1 Å². The number of hydrogen-bond acceptors (Lipinski definition) is 20. The van der Waals surface area contributed by atoms with Gasteiger partial charge < -0.3 is 94.1 Å². The molecule has 3 fully saturated rings. The number of aromatic hydroxyl groups is 3. The predicted octanol–water partition coefficient (Wildman–Crippen LogP) is -3.57.